The number of rotatable bonds is 2. The minimum Gasteiger partial charge on any atom is -0.316 e. The molecule has 100 valence electrons. The average molecular weight is 272 g/mol. The number of aromatic nitrogens is 2. The Morgan fingerprint density at radius 2 is 1.90 bits per heavy atom. The van der Waals surface area contributed by atoms with Gasteiger partial charge in [0, 0.05) is 34.4 Å². The standard InChI is InChI=1S/C18H12N2O/c21-12-14-11-20(18-6-2-1-5-16(14)18)15-7-8-17-13(10-15)4-3-9-19-17/h1-12H. The molecule has 4 aromatic rings. The summed E-state index contributed by atoms with van der Waals surface area (Å²) in [6, 6.07) is 18.0. The number of aldehydes is 1. The molecule has 2 aromatic carbocycles. The summed E-state index contributed by atoms with van der Waals surface area (Å²) < 4.78 is 2.05. The van der Waals surface area contributed by atoms with Crippen molar-refractivity contribution in [1.29, 1.82) is 0 Å². The lowest BCUT2D eigenvalue weighted by Crippen LogP contribution is -1.92. The first-order valence-electron chi connectivity index (χ1n) is 6.77. The van der Waals surface area contributed by atoms with Crippen molar-refractivity contribution in [2.45, 2.75) is 0 Å². The number of fused-ring (bicyclic) bond motifs is 2. The fourth-order valence-corrected chi connectivity index (χ4v) is 2.73. The van der Waals surface area contributed by atoms with E-state index in [1.807, 2.05) is 59.3 Å². The van der Waals surface area contributed by atoms with Crippen molar-refractivity contribution in [1.82, 2.24) is 9.55 Å². The number of nitrogens with zero attached hydrogens (tertiary/aromatic N) is 2. The molecule has 2 aromatic heterocycles. The van der Waals surface area contributed by atoms with Gasteiger partial charge in [-0.15, -0.1) is 0 Å². The van der Waals surface area contributed by atoms with Crippen LogP contribution in [0, 0.1) is 0 Å². The van der Waals surface area contributed by atoms with Gasteiger partial charge in [-0.1, -0.05) is 24.3 Å². The Kier molecular flexibility index (Phi) is 2.57. The first-order valence-corrected chi connectivity index (χ1v) is 6.77. The summed E-state index contributed by atoms with van der Waals surface area (Å²) in [6.45, 7) is 0. The van der Waals surface area contributed by atoms with Gasteiger partial charge < -0.3 is 4.57 Å². The monoisotopic (exact) mass is 272 g/mol. The van der Waals surface area contributed by atoms with E-state index in [9.17, 15) is 4.79 Å². The molecule has 0 aliphatic heterocycles. The van der Waals surface area contributed by atoms with Gasteiger partial charge in [-0.25, -0.2) is 0 Å². The van der Waals surface area contributed by atoms with Crippen molar-refractivity contribution in [2.24, 2.45) is 0 Å². The van der Waals surface area contributed by atoms with E-state index in [1.165, 1.54) is 0 Å². The lowest BCUT2D eigenvalue weighted by Gasteiger charge is -2.06. The van der Waals surface area contributed by atoms with E-state index in [0.29, 0.717) is 5.56 Å². The summed E-state index contributed by atoms with van der Waals surface area (Å²) >= 11 is 0. The molecule has 2 heterocycles. The number of carbonyl (C=O) groups excluding carboxylic acids is 1. The van der Waals surface area contributed by atoms with Gasteiger partial charge in [-0.05, 0) is 30.3 Å². The average Bonchev–Trinajstić information content (AvgIpc) is 2.93. The zero-order valence-corrected chi connectivity index (χ0v) is 11.2. The predicted octanol–water partition coefficient (Wildman–Crippen LogP) is 3.99. The molecule has 0 radical (unpaired) electrons. The van der Waals surface area contributed by atoms with Crippen molar-refractivity contribution in [2.75, 3.05) is 0 Å². The molecule has 4 rings (SSSR count). The number of pyridine rings is 1. The summed E-state index contributed by atoms with van der Waals surface area (Å²) in [7, 11) is 0. The zero-order chi connectivity index (χ0) is 14.2. The number of hydrogen-bond acceptors (Lipinski definition) is 2. The summed E-state index contributed by atoms with van der Waals surface area (Å²) in [4.78, 5) is 15.6. The third-order valence-electron chi connectivity index (χ3n) is 3.73. The second-order valence-corrected chi connectivity index (χ2v) is 4.97. The van der Waals surface area contributed by atoms with E-state index >= 15 is 0 Å². The summed E-state index contributed by atoms with van der Waals surface area (Å²) in [6.07, 6.45) is 4.58. The summed E-state index contributed by atoms with van der Waals surface area (Å²) in [5, 5.41) is 2.05. The molecule has 3 nitrogen and oxygen atoms in total. The van der Waals surface area contributed by atoms with Gasteiger partial charge >= 0.3 is 0 Å². The molecule has 0 unspecified atom stereocenters. The van der Waals surface area contributed by atoms with E-state index in [0.717, 1.165) is 33.8 Å². The van der Waals surface area contributed by atoms with Crippen molar-refractivity contribution in [3.05, 3.63) is 72.6 Å². The van der Waals surface area contributed by atoms with E-state index in [4.69, 9.17) is 0 Å². The van der Waals surface area contributed by atoms with Gasteiger partial charge in [-0.2, -0.15) is 0 Å². The first-order chi connectivity index (χ1) is 10.4. The molecule has 3 heteroatoms. The minimum absolute atomic E-state index is 0.705. The van der Waals surface area contributed by atoms with Gasteiger partial charge in [0.15, 0.2) is 6.29 Å². The Hall–Kier alpha value is -2.94. The van der Waals surface area contributed by atoms with E-state index in [2.05, 4.69) is 11.1 Å². The van der Waals surface area contributed by atoms with E-state index < -0.39 is 0 Å². The smallest absolute Gasteiger partial charge is 0.152 e. The quantitative estimate of drug-likeness (QED) is 0.517. The van der Waals surface area contributed by atoms with Gasteiger partial charge in [-0.3, -0.25) is 9.78 Å². The molecule has 0 aliphatic carbocycles. The van der Waals surface area contributed by atoms with Gasteiger partial charge in [0.25, 0.3) is 0 Å². The molecule has 0 saturated carbocycles. The Morgan fingerprint density at radius 3 is 2.81 bits per heavy atom. The van der Waals surface area contributed by atoms with Crippen LogP contribution in [0.25, 0.3) is 27.5 Å². The van der Waals surface area contributed by atoms with E-state index in [-0.39, 0.29) is 0 Å². The largest absolute Gasteiger partial charge is 0.316 e. The molecular formula is C18H12N2O. The van der Waals surface area contributed by atoms with Crippen molar-refractivity contribution < 1.29 is 4.79 Å². The van der Waals surface area contributed by atoms with Crippen LogP contribution in [0.4, 0.5) is 0 Å². The van der Waals surface area contributed by atoms with Crippen LogP contribution in [0.15, 0.2) is 67.0 Å². The van der Waals surface area contributed by atoms with Gasteiger partial charge in [0.05, 0.1) is 11.0 Å². The molecular weight excluding hydrogens is 260 g/mol. The maximum Gasteiger partial charge on any atom is 0.152 e. The Labute approximate surface area is 121 Å². The Balaban J connectivity index is 2.01. The molecule has 0 N–H and O–H groups in total. The highest BCUT2D eigenvalue weighted by Crippen LogP contribution is 2.25. The fourth-order valence-electron chi connectivity index (χ4n) is 2.73. The summed E-state index contributed by atoms with van der Waals surface area (Å²) in [5.74, 6) is 0. The molecule has 0 spiro atoms. The molecule has 0 fully saturated rings. The lowest BCUT2D eigenvalue weighted by molar-refractivity contribution is 0.112. The molecule has 0 bridgehead atoms. The minimum atomic E-state index is 0.705. The highest BCUT2D eigenvalue weighted by atomic mass is 16.1. The highest BCUT2D eigenvalue weighted by Gasteiger charge is 2.09. The molecule has 0 atom stereocenters. The topological polar surface area (TPSA) is 34.9 Å². The second-order valence-electron chi connectivity index (χ2n) is 4.97. The van der Waals surface area contributed by atoms with Crippen LogP contribution in [0.1, 0.15) is 10.4 Å². The maximum absolute atomic E-state index is 11.3. The molecule has 0 amide bonds. The van der Waals surface area contributed by atoms with Crippen LogP contribution in [0.2, 0.25) is 0 Å². The van der Waals surface area contributed by atoms with Crippen molar-refractivity contribution >= 4 is 28.1 Å². The fraction of sp³-hybridized carbons (Fsp3) is 0. The summed E-state index contributed by atoms with van der Waals surface area (Å²) in [5.41, 5.74) is 3.73. The molecule has 0 saturated heterocycles. The normalized spacial score (nSPS) is 11.0. The second kappa shape index (κ2) is 4.56. The third-order valence-corrected chi connectivity index (χ3v) is 3.73. The van der Waals surface area contributed by atoms with Crippen LogP contribution in [-0.4, -0.2) is 15.8 Å². The lowest BCUT2D eigenvalue weighted by atomic mass is 10.2. The molecule has 0 aliphatic rings. The van der Waals surface area contributed by atoms with Crippen LogP contribution < -0.4 is 0 Å². The van der Waals surface area contributed by atoms with Crippen LogP contribution >= 0.6 is 0 Å². The number of hydrogen-bond donors (Lipinski definition) is 0. The SMILES string of the molecule is O=Cc1cn(-c2ccc3ncccc3c2)c2ccccc12. The number of benzene rings is 2. The van der Waals surface area contributed by atoms with Crippen molar-refractivity contribution in [3.8, 4) is 5.69 Å². The van der Waals surface area contributed by atoms with Gasteiger partial charge in [0.1, 0.15) is 0 Å². The van der Waals surface area contributed by atoms with E-state index in [1.54, 1.807) is 6.20 Å². The number of carbonyl (C=O) groups is 1. The predicted molar refractivity (Wildman–Crippen MR) is 84.0 cm³/mol. The number of para-hydroxylation sites is 1. The Bertz CT molecular complexity index is 969. The Morgan fingerprint density at radius 1 is 1.00 bits per heavy atom. The van der Waals surface area contributed by atoms with Crippen LogP contribution in [0.3, 0.4) is 0 Å². The van der Waals surface area contributed by atoms with Gasteiger partial charge in [0.2, 0.25) is 0 Å². The molecule has 21 heavy (non-hydrogen) atoms. The maximum atomic E-state index is 11.3. The first kappa shape index (κ1) is 11.9. The van der Waals surface area contributed by atoms with Crippen LogP contribution in [0.5, 0.6) is 0 Å². The van der Waals surface area contributed by atoms with Crippen LogP contribution in [-0.2, 0) is 0 Å². The third kappa shape index (κ3) is 1.82. The zero-order valence-electron chi connectivity index (χ0n) is 11.2. The van der Waals surface area contributed by atoms with Crippen molar-refractivity contribution in [3.63, 3.8) is 0 Å². The highest BCUT2D eigenvalue weighted by molar-refractivity contribution is 5.98.